The lowest BCUT2D eigenvalue weighted by atomic mass is 10.1. The predicted molar refractivity (Wildman–Crippen MR) is 99.1 cm³/mol. The third kappa shape index (κ3) is 8.74. The lowest BCUT2D eigenvalue weighted by Crippen LogP contribution is -2.37. The van der Waals surface area contributed by atoms with Crippen molar-refractivity contribution < 1.29 is 24.2 Å². The number of esters is 2. The van der Waals surface area contributed by atoms with Gasteiger partial charge in [-0.05, 0) is 33.3 Å². The molecule has 0 aliphatic rings. The fraction of sp³-hybridized carbons (Fsp3) is 0.474. The number of ether oxygens (including phenoxy) is 2. The third-order valence-electron chi connectivity index (χ3n) is 2.95. The van der Waals surface area contributed by atoms with Gasteiger partial charge in [0, 0.05) is 11.8 Å². The number of thioether (sulfide) groups is 1. The highest BCUT2D eigenvalue weighted by Crippen LogP contribution is 2.23. The molecule has 1 aromatic rings. The van der Waals surface area contributed by atoms with Crippen molar-refractivity contribution in [3.8, 4) is 0 Å². The van der Waals surface area contributed by atoms with E-state index in [1.165, 1.54) is 23.9 Å². The summed E-state index contributed by atoms with van der Waals surface area (Å²) in [5.74, 6) is -0.644. The van der Waals surface area contributed by atoms with Crippen LogP contribution in [0, 0.1) is 0 Å². The van der Waals surface area contributed by atoms with E-state index in [4.69, 9.17) is 9.47 Å². The van der Waals surface area contributed by atoms with Gasteiger partial charge in [0.05, 0.1) is 11.9 Å². The highest BCUT2D eigenvalue weighted by atomic mass is 32.2. The van der Waals surface area contributed by atoms with Gasteiger partial charge in [0.25, 0.3) is 0 Å². The number of carbonyl (C=O) groups excluding carboxylic acids is 2. The largest absolute Gasteiger partial charge is 0.463 e. The second kappa shape index (κ2) is 10.3. The molecule has 0 spiro atoms. The average molecular weight is 366 g/mol. The summed E-state index contributed by atoms with van der Waals surface area (Å²) in [6.45, 7) is 7.18. The maximum atomic E-state index is 12.1. The van der Waals surface area contributed by atoms with Crippen molar-refractivity contribution in [2.45, 2.75) is 50.4 Å². The molecule has 2 atom stereocenters. The molecule has 1 aromatic carbocycles. The number of carbonyl (C=O) groups is 2. The topological polar surface area (TPSA) is 72.8 Å². The third-order valence-corrected chi connectivity index (χ3v) is 4.25. The Labute approximate surface area is 153 Å². The number of hydrogen-bond acceptors (Lipinski definition) is 6. The van der Waals surface area contributed by atoms with Crippen LogP contribution in [0.1, 0.15) is 33.3 Å². The van der Waals surface area contributed by atoms with Gasteiger partial charge in [-0.1, -0.05) is 36.4 Å². The maximum absolute atomic E-state index is 12.1. The fourth-order valence-electron chi connectivity index (χ4n) is 1.88. The minimum atomic E-state index is -1.38. The highest BCUT2D eigenvalue weighted by molar-refractivity contribution is 7.99. The van der Waals surface area contributed by atoms with Crippen molar-refractivity contribution in [2.24, 2.45) is 0 Å². The summed E-state index contributed by atoms with van der Waals surface area (Å²) in [4.78, 5) is 23.7. The summed E-state index contributed by atoms with van der Waals surface area (Å²) in [6, 6.07) is 9.67. The molecular weight excluding hydrogens is 340 g/mol. The predicted octanol–water partition coefficient (Wildman–Crippen LogP) is 3.11. The molecule has 0 aromatic heterocycles. The van der Waals surface area contributed by atoms with Crippen molar-refractivity contribution in [3.63, 3.8) is 0 Å². The van der Waals surface area contributed by atoms with E-state index in [0.717, 1.165) is 5.56 Å². The van der Waals surface area contributed by atoms with Gasteiger partial charge in [-0.3, -0.25) is 0 Å². The second-order valence-corrected chi connectivity index (χ2v) is 7.52. The van der Waals surface area contributed by atoms with Crippen molar-refractivity contribution >= 4 is 23.7 Å². The van der Waals surface area contributed by atoms with Crippen LogP contribution in [0.4, 0.5) is 0 Å². The molecule has 0 aliphatic heterocycles. The standard InChI is InChI=1S/C19H26O5S/c1-5-23-16(20)12-11-15(17(21)18(22)24-19(2,3)4)25-13-14-9-7-6-8-10-14/h6-12,15,17,21H,5,13H2,1-4H3/b12-11+/t15-,17+/m0/s1. The molecule has 25 heavy (non-hydrogen) atoms. The van der Waals surface area contributed by atoms with E-state index in [1.54, 1.807) is 27.7 Å². The van der Waals surface area contributed by atoms with Crippen LogP contribution in [-0.4, -0.2) is 40.6 Å². The summed E-state index contributed by atoms with van der Waals surface area (Å²) in [5, 5.41) is 9.74. The molecule has 1 rings (SSSR count). The van der Waals surface area contributed by atoms with E-state index in [2.05, 4.69) is 0 Å². The van der Waals surface area contributed by atoms with E-state index in [-0.39, 0.29) is 6.61 Å². The lowest BCUT2D eigenvalue weighted by Gasteiger charge is -2.24. The van der Waals surface area contributed by atoms with Crippen molar-refractivity contribution in [1.82, 2.24) is 0 Å². The number of benzene rings is 1. The summed E-state index contributed by atoms with van der Waals surface area (Å²) in [7, 11) is 0. The van der Waals surface area contributed by atoms with Gasteiger partial charge >= 0.3 is 11.9 Å². The highest BCUT2D eigenvalue weighted by Gasteiger charge is 2.29. The van der Waals surface area contributed by atoms with E-state index in [0.29, 0.717) is 5.75 Å². The molecular formula is C19H26O5S. The molecule has 0 saturated carbocycles. The average Bonchev–Trinajstić information content (AvgIpc) is 2.54. The summed E-state index contributed by atoms with van der Waals surface area (Å²) >= 11 is 1.35. The van der Waals surface area contributed by atoms with Gasteiger partial charge in [0.1, 0.15) is 5.60 Å². The normalized spacial score (nSPS) is 14.1. The zero-order valence-corrected chi connectivity index (χ0v) is 15.9. The first-order valence-electron chi connectivity index (χ1n) is 8.14. The van der Waals surface area contributed by atoms with Crippen LogP contribution >= 0.6 is 11.8 Å². The lowest BCUT2D eigenvalue weighted by molar-refractivity contribution is -0.164. The van der Waals surface area contributed by atoms with Crippen LogP contribution in [0.3, 0.4) is 0 Å². The van der Waals surface area contributed by atoms with E-state index in [9.17, 15) is 14.7 Å². The van der Waals surface area contributed by atoms with E-state index >= 15 is 0 Å². The monoisotopic (exact) mass is 366 g/mol. The van der Waals surface area contributed by atoms with Crippen LogP contribution in [-0.2, 0) is 24.8 Å². The molecule has 0 saturated heterocycles. The van der Waals surface area contributed by atoms with Gasteiger partial charge in [0.2, 0.25) is 0 Å². The summed E-state index contributed by atoms with van der Waals surface area (Å²) < 4.78 is 10.1. The Bertz CT molecular complexity index is 577. The minimum Gasteiger partial charge on any atom is -0.463 e. The van der Waals surface area contributed by atoms with Crippen molar-refractivity contribution in [2.75, 3.05) is 6.61 Å². The van der Waals surface area contributed by atoms with Gasteiger partial charge < -0.3 is 14.6 Å². The number of hydrogen-bond donors (Lipinski definition) is 1. The van der Waals surface area contributed by atoms with Crippen LogP contribution in [0.2, 0.25) is 0 Å². The Kier molecular flexibility index (Phi) is 8.72. The Morgan fingerprint density at radius 1 is 1.24 bits per heavy atom. The van der Waals surface area contributed by atoms with E-state index < -0.39 is 28.9 Å². The molecule has 0 bridgehead atoms. The van der Waals surface area contributed by atoms with Crippen molar-refractivity contribution in [1.29, 1.82) is 0 Å². The molecule has 0 unspecified atom stereocenters. The van der Waals surface area contributed by atoms with E-state index in [1.807, 2.05) is 30.3 Å². The molecule has 0 fully saturated rings. The molecule has 138 valence electrons. The quantitative estimate of drug-likeness (QED) is 0.563. The molecule has 1 N–H and O–H groups in total. The van der Waals surface area contributed by atoms with Gasteiger partial charge in [-0.15, -0.1) is 11.8 Å². The van der Waals surface area contributed by atoms with Gasteiger partial charge in [0.15, 0.2) is 6.10 Å². The van der Waals surface area contributed by atoms with Crippen LogP contribution in [0.25, 0.3) is 0 Å². The first-order chi connectivity index (χ1) is 11.7. The molecule has 0 radical (unpaired) electrons. The molecule has 6 heteroatoms. The first kappa shape index (κ1) is 21.3. The Hall–Kier alpha value is -1.79. The molecule has 0 amide bonds. The first-order valence-corrected chi connectivity index (χ1v) is 9.19. The van der Waals surface area contributed by atoms with Crippen LogP contribution in [0.15, 0.2) is 42.5 Å². The van der Waals surface area contributed by atoms with Crippen molar-refractivity contribution in [3.05, 3.63) is 48.0 Å². The Morgan fingerprint density at radius 3 is 2.44 bits per heavy atom. The van der Waals surface area contributed by atoms with Gasteiger partial charge in [-0.25, -0.2) is 9.59 Å². The maximum Gasteiger partial charge on any atom is 0.336 e. The number of aliphatic hydroxyl groups is 1. The van der Waals surface area contributed by atoms with Gasteiger partial charge in [-0.2, -0.15) is 0 Å². The Morgan fingerprint density at radius 2 is 1.88 bits per heavy atom. The summed E-state index contributed by atoms with van der Waals surface area (Å²) in [6.07, 6.45) is 1.35. The zero-order valence-electron chi connectivity index (χ0n) is 15.1. The fourth-order valence-corrected chi connectivity index (χ4v) is 2.94. The molecule has 0 aliphatic carbocycles. The SMILES string of the molecule is CCOC(=O)/C=C/[C@H](SCc1ccccc1)[C@@H](O)C(=O)OC(C)(C)C. The summed E-state index contributed by atoms with van der Waals surface area (Å²) in [5.41, 5.74) is 0.357. The molecule has 5 nitrogen and oxygen atoms in total. The second-order valence-electron chi connectivity index (χ2n) is 6.35. The number of aliphatic hydroxyl groups excluding tert-OH is 1. The van der Waals surface area contributed by atoms with Crippen LogP contribution in [0.5, 0.6) is 0 Å². The zero-order chi connectivity index (χ0) is 18.9. The Balaban J connectivity index is 2.82. The minimum absolute atomic E-state index is 0.264. The number of rotatable bonds is 8. The molecule has 0 heterocycles. The smallest absolute Gasteiger partial charge is 0.336 e. The van der Waals surface area contributed by atoms with Crippen LogP contribution < -0.4 is 0 Å².